The fourth-order valence-corrected chi connectivity index (χ4v) is 2.83. The van der Waals surface area contributed by atoms with E-state index in [1.807, 2.05) is 0 Å². The van der Waals surface area contributed by atoms with E-state index in [1.54, 1.807) is 0 Å². The summed E-state index contributed by atoms with van der Waals surface area (Å²) in [6.07, 6.45) is 3.35. The van der Waals surface area contributed by atoms with Gasteiger partial charge in [0.25, 0.3) is 0 Å². The molecule has 0 aliphatic carbocycles. The Morgan fingerprint density at radius 2 is 2.06 bits per heavy atom. The van der Waals surface area contributed by atoms with Crippen LogP contribution in [0.1, 0.15) is 12.8 Å². The molecule has 1 aromatic rings. The lowest BCUT2D eigenvalue weighted by Gasteiger charge is -2.45. The van der Waals surface area contributed by atoms with Gasteiger partial charge in [0.2, 0.25) is 0 Å². The molecule has 2 bridgehead atoms. The van der Waals surface area contributed by atoms with Crippen molar-refractivity contribution in [1.82, 2.24) is 9.88 Å². The summed E-state index contributed by atoms with van der Waals surface area (Å²) in [5.74, 6) is -0.486. The lowest BCUT2D eigenvalue weighted by atomic mass is 9.84. The summed E-state index contributed by atoms with van der Waals surface area (Å²) in [5.41, 5.74) is 0. The fraction of sp³-hybridized carbons (Fsp3) is 0.583. The molecule has 0 saturated carbocycles. The predicted octanol–water partition coefficient (Wildman–Crippen LogP) is 1.87. The lowest BCUT2D eigenvalue weighted by molar-refractivity contribution is 0.0972. The molecule has 92 valence electrons. The Kier molecular flexibility index (Phi) is 2.70. The molecule has 1 N–H and O–H groups in total. The number of nitrogens with zero attached hydrogens (tertiary/aromatic N) is 2. The zero-order chi connectivity index (χ0) is 11.8. The van der Waals surface area contributed by atoms with Crippen LogP contribution in [0.2, 0.25) is 0 Å². The molecule has 3 saturated heterocycles. The van der Waals surface area contributed by atoms with Gasteiger partial charge in [-0.2, -0.15) is 0 Å². The number of hydrogen-bond acceptors (Lipinski definition) is 3. The molecule has 4 heterocycles. The molecule has 3 aliphatic rings. The molecular formula is C12H15F2N3. The number of halogens is 2. The molecule has 1 atom stereocenters. The first-order valence-corrected chi connectivity index (χ1v) is 6.02. The van der Waals surface area contributed by atoms with Crippen LogP contribution in [0.5, 0.6) is 0 Å². The van der Waals surface area contributed by atoms with E-state index >= 15 is 0 Å². The van der Waals surface area contributed by atoms with E-state index in [0.717, 1.165) is 44.7 Å². The van der Waals surface area contributed by atoms with Gasteiger partial charge in [0, 0.05) is 18.7 Å². The van der Waals surface area contributed by atoms with E-state index in [2.05, 4.69) is 15.2 Å². The number of hydrogen-bond donors (Lipinski definition) is 1. The predicted molar refractivity (Wildman–Crippen MR) is 60.7 cm³/mol. The van der Waals surface area contributed by atoms with Crippen molar-refractivity contribution in [2.75, 3.05) is 25.0 Å². The summed E-state index contributed by atoms with van der Waals surface area (Å²) in [4.78, 5) is 6.15. The van der Waals surface area contributed by atoms with Gasteiger partial charge >= 0.3 is 0 Å². The van der Waals surface area contributed by atoms with Crippen LogP contribution in [0, 0.1) is 17.6 Å². The zero-order valence-electron chi connectivity index (χ0n) is 9.50. The highest BCUT2D eigenvalue weighted by Crippen LogP contribution is 2.29. The van der Waals surface area contributed by atoms with Gasteiger partial charge in [-0.25, -0.2) is 13.8 Å². The Labute approximate surface area is 98.8 Å². The van der Waals surface area contributed by atoms with Crippen molar-refractivity contribution in [2.45, 2.75) is 18.9 Å². The Morgan fingerprint density at radius 3 is 2.65 bits per heavy atom. The number of rotatable bonds is 2. The third-order valence-electron chi connectivity index (χ3n) is 3.79. The average Bonchev–Trinajstić information content (AvgIpc) is 2.34. The van der Waals surface area contributed by atoms with Crippen LogP contribution in [0.4, 0.5) is 14.6 Å². The Bertz CT molecular complexity index is 416. The molecule has 17 heavy (non-hydrogen) atoms. The molecule has 0 spiro atoms. The Morgan fingerprint density at radius 1 is 1.29 bits per heavy atom. The summed E-state index contributed by atoms with van der Waals surface area (Å²) in [5, 5.41) is 3.11. The van der Waals surface area contributed by atoms with Gasteiger partial charge in [-0.1, -0.05) is 0 Å². The highest BCUT2D eigenvalue weighted by atomic mass is 19.1. The maximum Gasteiger partial charge on any atom is 0.168 e. The first-order chi connectivity index (χ1) is 8.22. The SMILES string of the molecule is Fc1cnc(NC2CN3CCC2CC3)c(F)c1. The van der Waals surface area contributed by atoms with Gasteiger partial charge in [-0.15, -0.1) is 0 Å². The molecule has 3 nitrogen and oxygen atoms in total. The molecular weight excluding hydrogens is 224 g/mol. The molecule has 5 heteroatoms. The van der Waals surface area contributed by atoms with E-state index in [9.17, 15) is 8.78 Å². The van der Waals surface area contributed by atoms with Gasteiger partial charge in [0.15, 0.2) is 11.6 Å². The van der Waals surface area contributed by atoms with E-state index in [-0.39, 0.29) is 11.9 Å². The maximum absolute atomic E-state index is 13.5. The molecule has 1 unspecified atom stereocenters. The first-order valence-electron chi connectivity index (χ1n) is 6.02. The van der Waals surface area contributed by atoms with Gasteiger partial charge in [0.05, 0.1) is 6.20 Å². The largest absolute Gasteiger partial charge is 0.363 e. The van der Waals surface area contributed by atoms with Crippen LogP contribution in [-0.4, -0.2) is 35.6 Å². The van der Waals surface area contributed by atoms with Gasteiger partial charge < -0.3 is 10.2 Å². The summed E-state index contributed by atoms with van der Waals surface area (Å²) >= 11 is 0. The van der Waals surface area contributed by atoms with Crippen molar-refractivity contribution < 1.29 is 8.78 Å². The second-order valence-electron chi connectivity index (χ2n) is 4.87. The lowest BCUT2D eigenvalue weighted by Crippen LogP contribution is -2.53. The van der Waals surface area contributed by atoms with Crippen LogP contribution in [0.25, 0.3) is 0 Å². The molecule has 0 aromatic carbocycles. The molecule has 0 amide bonds. The maximum atomic E-state index is 13.5. The monoisotopic (exact) mass is 239 g/mol. The van der Waals surface area contributed by atoms with E-state index in [0.29, 0.717) is 5.92 Å². The summed E-state index contributed by atoms with van der Waals surface area (Å²) in [7, 11) is 0. The average molecular weight is 239 g/mol. The number of pyridine rings is 1. The third kappa shape index (κ3) is 2.11. The number of piperidine rings is 3. The van der Waals surface area contributed by atoms with Crippen LogP contribution in [-0.2, 0) is 0 Å². The second kappa shape index (κ2) is 4.22. The minimum absolute atomic E-state index is 0.171. The van der Waals surface area contributed by atoms with Crippen LogP contribution < -0.4 is 5.32 Å². The number of aromatic nitrogens is 1. The standard InChI is InChI=1S/C12H15F2N3/c13-9-5-10(14)12(15-6-9)16-11-7-17-3-1-8(11)2-4-17/h5-6,8,11H,1-4,7H2,(H,15,16). The molecule has 3 aliphatic heterocycles. The van der Waals surface area contributed by atoms with E-state index < -0.39 is 11.6 Å². The van der Waals surface area contributed by atoms with Crippen molar-refractivity contribution in [3.63, 3.8) is 0 Å². The molecule has 0 radical (unpaired) electrons. The summed E-state index contributed by atoms with van der Waals surface area (Å²) < 4.78 is 26.2. The summed E-state index contributed by atoms with van der Waals surface area (Å²) in [6.45, 7) is 3.22. The van der Waals surface area contributed by atoms with E-state index in [1.165, 1.54) is 0 Å². The smallest absolute Gasteiger partial charge is 0.168 e. The highest BCUT2D eigenvalue weighted by Gasteiger charge is 2.34. The number of nitrogens with one attached hydrogen (secondary N) is 1. The fourth-order valence-electron chi connectivity index (χ4n) is 2.83. The topological polar surface area (TPSA) is 28.2 Å². The summed E-state index contributed by atoms with van der Waals surface area (Å²) in [6, 6.07) is 1.11. The van der Waals surface area contributed by atoms with Crippen molar-refractivity contribution in [3.8, 4) is 0 Å². The van der Waals surface area contributed by atoms with Crippen LogP contribution >= 0.6 is 0 Å². The number of fused-ring (bicyclic) bond motifs is 3. The third-order valence-corrected chi connectivity index (χ3v) is 3.79. The van der Waals surface area contributed by atoms with Crippen LogP contribution in [0.15, 0.2) is 12.3 Å². The minimum atomic E-state index is -0.637. The van der Waals surface area contributed by atoms with E-state index in [4.69, 9.17) is 0 Å². The normalized spacial score (nSPS) is 31.5. The molecule has 4 rings (SSSR count). The highest BCUT2D eigenvalue weighted by molar-refractivity contribution is 5.37. The van der Waals surface area contributed by atoms with Crippen molar-refractivity contribution >= 4 is 5.82 Å². The molecule has 1 aromatic heterocycles. The van der Waals surface area contributed by atoms with Gasteiger partial charge in [-0.3, -0.25) is 0 Å². The van der Waals surface area contributed by atoms with Crippen LogP contribution in [0.3, 0.4) is 0 Å². The number of anilines is 1. The first kappa shape index (κ1) is 10.9. The van der Waals surface area contributed by atoms with Crippen molar-refractivity contribution in [2.24, 2.45) is 5.92 Å². The van der Waals surface area contributed by atoms with Gasteiger partial charge in [0.1, 0.15) is 5.82 Å². The van der Waals surface area contributed by atoms with Crippen molar-refractivity contribution in [1.29, 1.82) is 0 Å². The quantitative estimate of drug-likeness (QED) is 0.854. The zero-order valence-corrected chi connectivity index (χ0v) is 9.50. The minimum Gasteiger partial charge on any atom is -0.363 e. The second-order valence-corrected chi connectivity index (χ2v) is 4.87. The van der Waals surface area contributed by atoms with Crippen molar-refractivity contribution in [3.05, 3.63) is 23.9 Å². The van der Waals surface area contributed by atoms with Gasteiger partial charge in [-0.05, 0) is 31.8 Å². The Balaban J connectivity index is 1.74. The molecule has 3 fully saturated rings. The Hall–Kier alpha value is -1.23.